The zero-order valence-corrected chi connectivity index (χ0v) is 13.2. The summed E-state index contributed by atoms with van der Waals surface area (Å²) in [5.41, 5.74) is 2.19. The van der Waals surface area contributed by atoms with Crippen LogP contribution in [0.15, 0.2) is 35.1 Å². The molecule has 3 aromatic rings. The molecule has 0 aliphatic carbocycles. The van der Waals surface area contributed by atoms with Gasteiger partial charge in [0.25, 0.3) is 5.91 Å². The van der Waals surface area contributed by atoms with Crippen molar-refractivity contribution < 1.29 is 9.21 Å². The molecule has 23 heavy (non-hydrogen) atoms. The van der Waals surface area contributed by atoms with Crippen molar-refractivity contribution in [3.05, 3.63) is 53.5 Å². The molecule has 0 radical (unpaired) electrons. The SMILES string of the molecule is Cc1cc(C)n([C@@H](CNC(=O)c2cn(C)nn2)c2ccco2)n1. The summed E-state index contributed by atoms with van der Waals surface area (Å²) in [6.07, 6.45) is 3.18. The number of hydrogen-bond donors (Lipinski definition) is 1. The van der Waals surface area contributed by atoms with Crippen molar-refractivity contribution in [3.8, 4) is 0 Å². The lowest BCUT2D eigenvalue weighted by Gasteiger charge is -2.17. The molecule has 3 heterocycles. The predicted octanol–water partition coefficient (Wildman–Crippen LogP) is 1.24. The highest BCUT2D eigenvalue weighted by Crippen LogP contribution is 2.20. The van der Waals surface area contributed by atoms with Gasteiger partial charge in [-0.15, -0.1) is 5.10 Å². The van der Waals surface area contributed by atoms with Crippen LogP contribution in [-0.4, -0.2) is 37.2 Å². The molecule has 3 aromatic heterocycles. The van der Waals surface area contributed by atoms with Crippen LogP contribution in [0.25, 0.3) is 0 Å². The van der Waals surface area contributed by atoms with Crippen molar-refractivity contribution >= 4 is 5.91 Å². The van der Waals surface area contributed by atoms with Crippen LogP contribution in [0.1, 0.15) is 33.7 Å². The summed E-state index contributed by atoms with van der Waals surface area (Å²) in [4.78, 5) is 12.2. The molecular weight excluding hydrogens is 296 g/mol. The van der Waals surface area contributed by atoms with Crippen LogP contribution in [-0.2, 0) is 7.05 Å². The van der Waals surface area contributed by atoms with Gasteiger partial charge in [-0.05, 0) is 32.0 Å². The molecule has 1 amide bonds. The Hall–Kier alpha value is -2.90. The third-order valence-electron chi connectivity index (χ3n) is 3.50. The minimum atomic E-state index is -0.281. The van der Waals surface area contributed by atoms with Gasteiger partial charge >= 0.3 is 0 Å². The van der Waals surface area contributed by atoms with E-state index in [-0.39, 0.29) is 17.6 Å². The fourth-order valence-corrected chi connectivity index (χ4v) is 2.48. The van der Waals surface area contributed by atoms with Crippen LogP contribution < -0.4 is 5.32 Å². The molecule has 1 N–H and O–H groups in total. The van der Waals surface area contributed by atoms with E-state index in [2.05, 4.69) is 20.7 Å². The Morgan fingerprint density at radius 3 is 2.83 bits per heavy atom. The molecule has 0 fully saturated rings. The van der Waals surface area contributed by atoms with Gasteiger partial charge in [-0.3, -0.25) is 14.2 Å². The monoisotopic (exact) mass is 314 g/mol. The Bertz CT molecular complexity index is 802. The van der Waals surface area contributed by atoms with E-state index in [4.69, 9.17) is 4.42 Å². The first-order valence-corrected chi connectivity index (χ1v) is 7.25. The van der Waals surface area contributed by atoms with Crippen molar-refractivity contribution in [1.29, 1.82) is 0 Å². The Morgan fingerprint density at radius 1 is 1.43 bits per heavy atom. The predicted molar refractivity (Wildman–Crippen MR) is 81.9 cm³/mol. The number of furan rings is 1. The van der Waals surface area contributed by atoms with Gasteiger partial charge in [0.05, 0.1) is 18.2 Å². The molecule has 0 spiro atoms. The highest BCUT2D eigenvalue weighted by Gasteiger charge is 2.21. The van der Waals surface area contributed by atoms with E-state index in [1.165, 1.54) is 4.68 Å². The molecule has 0 aliphatic heterocycles. The zero-order chi connectivity index (χ0) is 16.4. The van der Waals surface area contributed by atoms with Gasteiger partial charge in [0.2, 0.25) is 0 Å². The molecule has 0 unspecified atom stereocenters. The molecule has 8 nitrogen and oxygen atoms in total. The van der Waals surface area contributed by atoms with Crippen molar-refractivity contribution in [2.24, 2.45) is 7.05 Å². The van der Waals surface area contributed by atoms with E-state index >= 15 is 0 Å². The standard InChI is InChI=1S/C15H18N6O2/c1-10-7-11(2)21(18-10)13(14-5-4-6-23-14)8-16-15(22)12-9-20(3)19-17-12/h4-7,9,13H,8H2,1-3H3,(H,16,22)/t13-/m0/s1. The summed E-state index contributed by atoms with van der Waals surface area (Å²) in [6.45, 7) is 4.24. The Balaban J connectivity index is 1.80. The highest BCUT2D eigenvalue weighted by molar-refractivity contribution is 5.91. The van der Waals surface area contributed by atoms with E-state index in [9.17, 15) is 4.79 Å². The normalized spacial score (nSPS) is 12.3. The van der Waals surface area contributed by atoms with Gasteiger partial charge in [0.1, 0.15) is 11.8 Å². The fraction of sp³-hybridized carbons (Fsp3) is 0.333. The molecule has 0 aromatic carbocycles. The molecule has 0 saturated carbocycles. The third-order valence-corrected chi connectivity index (χ3v) is 3.50. The minimum absolute atomic E-state index is 0.223. The lowest BCUT2D eigenvalue weighted by atomic mass is 10.2. The summed E-state index contributed by atoms with van der Waals surface area (Å²) >= 11 is 0. The van der Waals surface area contributed by atoms with E-state index in [0.29, 0.717) is 6.54 Å². The highest BCUT2D eigenvalue weighted by atomic mass is 16.3. The van der Waals surface area contributed by atoms with Gasteiger partial charge in [0.15, 0.2) is 5.69 Å². The molecule has 0 bridgehead atoms. The van der Waals surface area contributed by atoms with Crippen molar-refractivity contribution in [2.75, 3.05) is 6.54 Å². The molecule has 0 saturated heterocycles. The van der Waals surface area contributed by atoms with Gasteiger partial charge in [-0.25, -0.2) is 0 Å². The van der Waals surface area contributed by atoms with Crippen LogP contribution >= 0.6 is 0 Å². The number of aryl methyl sites for hydroxylation is 3. The first kappa shape index (κ1) is 15.0. The maximum absolute atomic E-state index is 12.2. The number of aromatic nitrogens is 5. The van der Waals surface area contributed by atoms with E-state index in [1.807, 2.05) is 36.7 Å². The molecule has 0 aliphatic rings. The number of carbonyl (C=O) groups excluding carboxylic acids is 1. The second-order valence-electron chi connectivity index (χ2n) is 5.39. The lowest BCUT2D eigenvalue weighted by molar-refractivity contribution is 0.0943. The van der Waals surface area contributed by atoms with Gasteiger partial charge < -0.3 is 9.73 Å². The molecular formula is C15H18N6O2. The Kier molecular flexibility index (Phi) is 3.96. The lowest BCUT2D eigenvalue weighted by Crippen LogP contribution is -2.32. The van der Waals surface area contributed by atoms with Crippen LogP contribution in [0, 0.1) is 13.8 Å². The van der Waals surface area contributed by atoms with Crippen LogP contribution in [0.4, 0.5) is 0 Å². The van der Waals surface area contributed by atoms with E-state index in [0.717, 1.165) is 17.1 Å². The van der Waals surface area contributed by atoms with E-state index < -0.39 is 0 Å². The number of rotatable bonds is 5. The fourth-order valence-electron chi connectivity index (χ4n) is 2.48. The number of hydrogen-bond acceptors (Lipinski definition) is 5. The first-order chi connectivity index (χ1) is 11.0. The second kappa shape index (κ2) is 6.07. The van der Waals surface area contributed by atoms with Crippen LogP contribution in [0.2, 0.25) is 0 Å². The van der Waals surface area contributed by atoms with E-state index in [1.54, 1.807) is 19.5 Å². The van der Waals surface area contributed by atoms with Crippen LogP contribution in [0.3, 0.4) is 0 Å². The number of amides is 1. The summed E-state index contributed by atoms with van der Waals surface area (Å²) in [6, 6.07) is 5.45. The smallest absolute Gasteiger partial charge is 0.273 e. The maximum Gasteiger partial charge on any atom is 0.273 e. The second-order valence-corrected chi connectivity index (χ2v) is 5.39. The number of nitrogens with one attached hydrogen (secondary N) is 1. The van der Waals surface area contributed by atoms with Crippen molar-refractivity contribution in [3.63, 3.8) is 0 Å². The summed E-state index contributed by atoms with van der Waals surface area (Å²) < 4.78 is 8.85. The average Bonchev–Trinajstić information content (AvgIpc) is 3.22. The zero-order valence-electron chi connectivity index (χ0n) is 13.2. The first-order valence-electron chi connectivity index (χ1n) is 7.25. The molecule has 8 heteroatoms. The Morgan fingerprint density at radius 2 is 2.26 bits per heavy atom. The molecule has 120 valence electrons. The third kappa shape index (κ3) is 3.15. The molecule has 3 rings (SSSR count). The number of carbonyl (C=O) groups is 1. The quantitative estimate of drug-likeness (QED) is 0.765. The van der Waals surface area contributed by atoms with Crippen molar-refractivity contribution in [1.82, 2.24) is 30.1 Å². The largest absolute Gasteiger partial charge is 0.467 e. The average molecular weight is 314 g/mol. The van der Waals surface area contributed by atoms with Gasteiger partial charge in [-0.1, -0.05) is 5.21 Å². The minimum Gasteiger partial charge on any atom is -0.467 e. The number of nitrogens with zero attached hydrogens (tertiary/aromatic N) is 5. The summed E-state index contributed by atoms with van der Waals surface area (Å²) in [5.74, 6) is 0.451. The van der Waals surface area contributed by atoms with Crippen LogP contribution in [0.5, 0.6) is 0 Å². The summed E-state index contributed by atoms with van der Waals surface area (Å²) in [5, 5.41) is 14.9. The molecule has 1 atom stereocenters. The Labute approximate surface area is 133 Å². The van der Waals surface area contributed by atoms with Crippen molar-refractivity contribution in [2.45, 2.75) is 19.9 Å². The topological polar surface area (TPSA) is 90.8 Å². The van der Waals surface area contributed by atoms with Gasteiger partial charge in [-0.2, -0.15) is 5.10 Å². The summed E-state index contributed by atoms with van der Waals surface area (Å²) in [7, 11) is 1.71. The van der Waals surface area contributed by atoms with Gasteiger partial charge in [0, 0.05) is 19.3 Å². The maximum atomic E-state index is 12.2.